The average Bonchev–Trinajstić information content (AvgIpc) is 2.76. The van der Waals surface area contributed by atoms with Crippen LogP contribution in [0, 0.1) is 0 Å². The monoisotopic (exact) mass is 377 g/mol. The summed E-state index contributed by atoms with van der Waals surface area (Å²) in [6, 6.07) is 13.1. The van der Waals surface area contributed by atoms with Gasteiger partial charge in [-0.25, -0.2) is 4.98 Å². The van der Waals surface area contributed by atoms with Crippen LogP contribution in [0.25, 0.3) is 6.08 Å². The summed E-state index contributed by atoms with van der Waals surface area (Å²) < 4.78 is 0. The van der Waals surface area contributed by atoms with Crippen molar-refractivity contribution in [2.24, 2.45) is 0 Å². The van der Waals surface area contributed by atoms with E-state index in [2.05, 4.69) is 62.6 Å². The van der Waals surface area contributed by atoms with Gasteiger partial charge >= 0.3 is 0 Å². The average molecular weight is 378 g/mol. The lowest BCUT2D eigenvalue weighted by atomic mass is 9.95. The molecular formula is C23H31N5. The van der Waals surface area contributed by atoms with Crippen LogP contribution in [-0.2, 0) is 0 Å². The molecule has 2 aliphatic rings. The molecule has 1 N–H and O–H groups in total. The molecule has 2 aromatic rings. The van der Waals surface area contributed by atoms with Gasteiger partial charge in [-0.1, -0.05) is 61.7 Å². The molecule has 1 saturated heterocycles. The van der Waals surface area contributed by atoms with E-state index in [1.165, 1.54) is 37.7 Å². The minimum atomic E-state index is 0.574. The third kappa shape index (κ3) is 5.32. The first kappa shape index (κ1) is 18.9. The largest absolute Gasteiger partial charge is 0.367 e. The third-order valence-electron chi connectivity index (χ3n) is 5.73. The van der Waals surface area contributed by atoms with Gasteiger partial charge in [0, 0.05) is 45.0 Å². The van der Waals surface area contributed by atoms with E-state index in [0.29, 0.717) is 6.04 Å². The van der Waals surface area contributed by atoms with E-state index in [1.807, 2.05) is 12.3 Å². The van der Waals surface area contributed by atoms with Gasteiger partial charge in [0.2, 0.25) is 5.95 Å². The SMILES string of the molecule is C(=C\c1ccccc1)/CN1CCN(c2nccc(NC3CCCCC3)n2)CC1. The first-order valence-electron chi connectivity index (χ1n) is 10.7. The molecule has 2 heterocycles. The minimum Gasteiger partial charge on any atom is -0.367 e. The topological polar surface area (TPSA) is 44.3 Å². The summed E-state index contributed by atoms with van der Waals surface area (Å²) in [5.41, 5.74) is 1.26. The number of benzene rings is 1. The lowest BCUT2D eigenvalue weighted by Crippen LogP contribution is -2.47. The van der Waals surface area contributed by atoms with Crippen LogP contribution in [0.1, 0.15) is 37.7 Å². The Bertz CT molecular complexity index is 747. The van der Waals surface area contributed by atoms with Crippen LogP contribution in [0.15, 0.2) is 48.7 Å². The summed E-state index contributed by atoms with van der Waals surface area (Å²) in [4.78, 5) is 14.1. The molecule has 2 fully saturated rings. The zero-order chi connectivity index (χ0) is 19.0. The highest BCUT2D eigenvalue weighted by Crippen LogP contribution is 2.21. The summed E-state index contributed by atoms with van der Waals surface area (Å²) in [5.74, 6) is 1.84. The lowest BCUT2D eigenvalue weighted by molar-refractivity contribution is 0.283. The Kier molecular flexibility index (Phi) is 6.56. The van der Waals surface area contributed by atoms with E-state index in [0.717, 1.165) is 44.5 Å². The molecule has 1 aromatic carbocycles. The zero-order valence-corrected chi connectivity index (χ0v) is 16.6. The van der Waals surface area contributed by atoms with Crippen LogP contribution < -0.4 is 10.2 Å². The number of rotatable bonds is 6. The second-order valence-corrected chi connectivity index (χ2v) is 7.82. The molecule has 1 aliphatic heterocycles. The van der Waals surface area contributed by atoms with Gasteiger partial charge in [-0.2, -0.15) is 4.98 Å². The summed E-state index contributed by atoms with van der Waals surface area (Å²) in [7, 11) is 0. The van der Waals surface area contributed by atoms with Crippen LogP contribution in [-0.4, -0.2) is 53.6 Å². The Morgan fingerprint density at radius 1 is 0.964 bits per heavy atom. The number of hydrogen-bond acceptors (Lipinski definition) is 5. The van der Waals surface area contributed by atoms with Crippen molar-refractivity contribution < 1.29 is 0 Å². The summed E-state index contributed by atoms with van der Waals surface area (Å²) >= 11 is 0. The number of anilines is 2. The first-order chi connectivity index (χ1) is 13.9. The summed E-state index contributed by atoms with van der Waals surface area (Å²) in [5, 5.41) is 3.62. The van der Waals surface area contributed by atoms with Crippen LogP contribution in [0.5, 0.6) is 0 Å². The first-order valence-corrected chi connectivity index (χ1v) is 10.7. The normalized spacial score (nSPS) is 19.2. The number of piperazine rings is 1. The van der Waals surface area contributed by atoms with Gasteiger partial charge in [-0.15, -0.1) is 0 Å². The van der Waals surface area contributed by atoms with Gasteiger partial charge < -0.3 is 10.2 Å². The fourth-order valence-corrected chi connectivity index (χ4v) is 4.07. The van der Waals surface area contributed by atoms with Crippen LogP contribution in [0.2, 0.25) is 0 Å². The minimum absolute atomic E-state index is 0.574. The van der Waals surface area contributed by atoms with E-state index in [9.17, 15) is 0 Å². The Labute approximate surface area is 168 Å². The molecule has 0 amide bonds. The quantitative estimate of drug-likeness (QED) is 0.822. The molecular weight excluding hydrogens is 346 g/mol. The smallest absolute Gasteiger partial charge is 0.227 e. The van der Waals surface area contributed by atoms with Crippen molar-refractivity contribution in [2.75, 3.05) is 42.9 Å². The van der Waals surface area contributed by atoms with Crippen molar-refractivity contribution in [2.45, 2.75) is 38.1 Å². The lowest BCUT2D eigenvalue weighted by Gasteiger charge is -2.34. The van der Waals surface area contributed by atoms with Gasteiger partial charge in [-0.05, 0) is 24.5 Å². The molecule has 1 saturated carbocycles. The molecule has 0 spiro atoms. The molecule has 148 valence electrons. The Morgan fingerprint density at radius 2 is 1.75 bits per heavy atom. The highest BCUT2D eigenvalue weighted by atomic mass is 15.3. The van der Waals surface area contributed by atoms with Crippen molar-refractivity contribution in [3.63, 3.8) is 0 Å². The zero-order valence-electron chi connectivity index (χ0n) is 16.6. The second-order valence-electron chi connectivity index (χ2n) is 7.82. The number of hydrogen-bond donors (Lipinski definition) is 1. The number of nitrogens with zero attached hydrogens (tertiary/aromatic N) is 4. The van der Waals surface area contributed by atoms with Gasteiger partial charge in [0.1, 0.15) is 5.82 Å². The van der Waals surface area contributed by atoms with Crippen molar-refractivity contribution >= 4 is 17.8 Å². The maximum Gasteiger partial charge on any atom is 0.227 e. The summed E-state index contributed by atoms with van der Waals surface area (Å²) in [6.07, 6.45) is 12.9. The predicted molar refractivity (Wildman–Crippen MR) is 117 cm³/mol. The van der Waals surface area contributed by atoms with E-state index in [1.54, 1.807) is 0 Å². The van der Waals surface area contributed by atoms with Gasteiger partial charge in [-0.3, -0.25) is 4.90 Å². The maximum atomic E-state index is 4.79. The second kappa shape index (κ2) is 9.69. The van der Waals surface area contributed by atoms with Crippen LogP contribution in [0.4, 0.5) is 11.8 Å². The van der Waals surface area contributed by atoms with Crippen molar-refractivity contribution in [1.29, 1.82) is 0 Å². The van der Waals surface area contributed by atoms with Gasteiger partial charge in [0.25, 0.3) is 0 Å². The molecule has 0 atom stereocenters. The molecule has 5 nitrogen and oxygen atoms in total. The third-order valence-corrected chi connectivity index (χ3v) is 5.73. The highest BCUT2D eigenvalue weighted by molar-refractivity contribution is 5.48. The van der Waals surface area contributed by atoms with Gasteiger partial charge in [0.05, 0.1) is 0 Å². The molecule has 0 unspecified atom stereocenters. The van der Waals surface area contributed by atoms with Gasteiger partial charge in [0.15, 0.2) is 0 Å². The Morgan fingerprint density at radius 3 is 2.54 bits per heavy atom. The molecule has 0 radical (unpaired) electrons. The van der Waals surface area contributed by atoms with E-state index >= 15 is 0 Å². The number of nitrogens with one attached hydrogen (secondary N) is 1. The Balaban J connectivity index is 1.26. The van der Waals surface area contributed by atoms with Crippen molar-refractivity contribution in [3.05, 3.63) is 54.2 Å². The Hall–Kier alpha value is -2.40. The number of aromatic nitrogens is 2. The highest BCUT2D eigenvalue weighted by Gasteiger charge is 2.19. The molecule has 0 bridgehead atoms. The fourth-order valence-electron chi connectivity index (χ4n) is 4.07. The van der Waals surface area contributed by atoms with Crippen molar-refractivity contribution in [1.82, 2.24) is 14.9 Å². The molecule has 28 heavy (non-hydrogen) atoms. The van der Waals surface area contributed by atoms with Crippen LogP contribution in [0.3, 0.4) is 0 Å². The molecule has 5 heteroatoms. The van der Waals surface area contributed by atoms with Crippen molar-refractivity contribution in [3.8, 4) is 0 Å². The van der Waals surface area contributed by atoms with E-state index in [-0.39, 0.29) is 0 Å². The van der Waals surface area contributed by atoms with E-state index < -0.39 is 0 Å². The molecule has 1 aromatic heterocycles. The van der Waals surface area contributed by atoms with E-state index in [4.69, 9.17) is 4.98 Å². The maximum absolute atomic E-state index is 4.79. The summed E-state index contributed by atoms with van der Waals surface area (Å²) in [6.45, 7) is 5.04. The molecule has 4 rings (SSSR count). The molecule has 1 aliphatic carbocycles. The van der Waals surface area contributed by atoms with Crippen LogP contribution >= 0.6 is 0 Å². The predicted octanol–water partition coefficient (Wildman–Crippen LogP) is 4.06. The standard InChI is InChI=1S/C23H31N5/c1-3-8-20(9-4-1)10-7-15-27-16-18-28(19-17-27)23-24-14-13-22(26-23)25-21-11-5-2-6-12-21/h1,3-4,7-10,13-14,21H,2,5-6,11-12,15-19H2,(H,24,25,26)/b10-7+. The fraction of sp³-hybridized carbons (Fsp3) is 0.478.